The van der Waals surface area contributed by atoms with E-state index in [0.717, 1.165) is 7.11 Å². The molecule has 47 heavy (non-hydrogen) atoms. The van der Waals surface area contributed by atoms with Crippen LogP contribution in [0.5, 0.6) is 11.5 Å². The third-order valence-electron chi connectivity index (χ3n) is 8.18. The van der Waals surface area contributed by atoms with Crippen molar-refractivity contribution in [3.63, 3.8) is 0 Å². The largest absolute Gasteiger partial charge is 0.496 e. The number of aldehydes is 2. The van der Waals surface area contributed by atoms with Crippen LogP contribution in [-0.4, -0.2) is 64.0 Å². The number of esters is 2. The van der Waals surface area contributed by atoms with E-state index in [4.69, 9.17) is 18.9 Å². The lowest BCUT2D eigenvalue weighted by atomic mass is 9.73. The van der Waals surface area contributed by atoms with Crippen LogP contribution in [0.15, 0.2) is 30.3 Å². The highest BCUT2D eigenvalue weighted by atomic mass is 16.5. The monoisotopic (exact) mass is 642 g/mol. The van der Waals surface area contributed by atoms with Crippen LogP contribution in [-0.2, 0) is 20.3 Å². The number of carboxylic acids is 1. The second-order valence-electron chi connectivity index (χ2n) is 13.2. The molecule has 0 fully saturated rings. The Morgan fingerprint density at radius 2 is 1.09 bits per heavy atom. The van der Waals surface area contributed by atoms with E-state index in [9.17, 15) is 29.1 Å². The second kappa shape index (κ2) is 12.5. The number of carboxylic acid groups (broad SMARTS) is 1. The number of benzene rings is 4. The van der Waals surface area contributed by atoms with Crippen LogP contribution >= 0.6 is 0 Å². The third-order valence-corrected chi connectivity index (χ3v) is 8.18. The van der Waals surface area contributed by atoms with E-state index < -0.39 is 34.3 Å². The Bertz CT molecular complexity index is 1990. The van der Waals surface area contributed by atoms with Gasteiger partial charge in [-0.1, -0.05) is 41.5 Å². The van der Waals surface area contributed by atoms with Gasteiger partial charge in [0, 0.05) is 5.56 Å². The molecule has 0 bridgehead atoms. The first kappa shape index (κ1) is 34.6. The number of ether oxygens (including phenoxy) is 4. The number of rotatable bonds is 8. The van der Waals surface area contributed by atoms with Crippen LogP contribution in [0, 0.1) is 0 Å². The summed E-state index contributed by atoms with van der Waals surface area (Å²) >= 11 is 0. The molecule has 0 saturated carbocycles. The lowest BCUT2D eigenvalue weighted by Gasteiger charge is -2.30. The van der Waals surface area contributed by atoms with Gasteiger partial charge >= 0.3 is 17.9 Å². The van der Waals surface area contributed by atoms with Gasteiger partial charge in [-0.3, -0.25) is 9.59 Å². The smallest absolute Gasteiger partial charge is 0.339 e. The van der Waals surface area contributed by atoms with Crippen LogP contribution in [0.2, 0.25) is 0 Å². The Kier molecular flexibility index (Phi) is 9.21. The first-order chi connectivity index (χ1) is 22.0. The van der Waals surface area contributed by atoms with Gasteiger partial charge in [-0.15, -0.1) is 0 Å². The molecule has 0 atom stereocenters. The van der Waals surface area contributed by atoms with Crippen molar-refractivity contribution >= 4 is 52.0 Å². The Hall–Kier alpha value is -5.25. The Morgan fingerprint density at radius 1 is 0.617 bits per heavy atom. The molecular formula is C37H38O10. The van der Waals surface area contributed by atoms with E-state index in [0.29, 0.717) is 45.2 Å². The molecule has 4 aromatic rings. The zero-order valence-electron chi connectivity index (χ0n) is 28.2. The summed E-state index contributed by atoms with van der Waals surface area (Å²) in [5.74, 6) is -2.59. The normalized spacial score (nSPS) is 11.7. The molecule has 10 nitrogen and oxygen atoms in total. The molecule has 1 N–H and O–H groups in total. The van der Waals surface area contributed by atoms with Crippen LogP contribution < -0.4 is 9.47 Å². The minimum Gasteiger partial charge on any atom is -0.496 e. The average molecular weight is 643 g/mol. The van der Waals surface area contributed by atoms with Gasteiger partial charge in [0.2, 0.25) is 0 Å². The van der Waals surface area contributed by atoms with Gasteiger partial charge in [-0.05, 0) is 79.4 Å². The van der Waals surface area contributed by atoms with Crippen molar-refractivity contribution in [1.82, 2.24) is 0 Å². The molecule has 0 spiro atoms. The number of hydrogen-bond acceptors (Lipinski definition) is 9. The van der Waals surface area contributed by atoms with Gasteiger partial charge in [-0.2, -0.15) is 0 Å². The predicted molar refractivity (Wildman–Crippen MR) is 178 cm³/mol. The minimum atomic E-state index is -1.45. The summed E-state index contributed by atoms with van der Waals surface area (Å²) in [7, 11) is 5.21. The summed E-state index contributed by atoms with van der Waals surface area (Å²) in [6, 6.07) is 7.80. The number of aromatic carboxylic acids is 1. The van der Waals surface area contributed by atoms with E-state index in [1.165, 1.54) is 33.5 Å². The van der Waals surface area contributed by atoms with Crippen molar-refractivity contribution in [1.29, 1.82) is 0 Å². The van der Waals surface area contributed by atoms with Crippen molar-refractivity contribution in [2.45, 2.75) is 52.4 Å². The van der Waals surface area contributed by atoms with Gasteiger partial charge in [0.25, 0.3) is 0 Å². The Labute approximate surface area is 272 Å². The quantitative estimate of drug-likeness (QED) is 0.155. The fraction of sp³-hybridized carbons (Fsp3) is 0.324. The summed E-state index contributed by atoms with van der Waals surface area (Å²) in [5, 5.41) is 12.5. The summed E-state index contributed by atoms with van der Waals surface area (Å²) < 4.78 is 21.4. The molecule has 0 heterocycles. The molecular weight excluding hydrogens is 604 g/mol. The molecule has 10 heteroatoms. The lowest BCUT2D eigenvalue weighted by Crippen LogP contribution is -2.23. The SMILES string of the molecule is COC(=O)c1cc(-c2c(C(=O)O)c(C(=O)OC)c(C(C)(C)C)c3cc(OC)c(C=O)cc23)c2cc(C=O)c(OC)cc2c1C(C)(C)C. The molecule has 0 aliphatic heterocycles. The van der Waals surface area contributed by atoms with Crippen molar-refractivity contribution < 1.29 is 48.0 Å². The van der Waals surface area contributed by atoms with Crippen molar-refractivity contribution in [2.24, 2.45) is 0 Å². The van der Waals surface area contributed by atoms with E-state index >= 15 is 0 Å². The number of carbonyl (C=O) groups excluding carboxylic acids is 4. The van der Waals surface area contributed by atoms with Gasteiger partial charge in [0.15, 0.2) is 12.6 Å². The van der Waals surface area contributed by atoms with E-state index in [1.807, 2.05) is 41.5 Å². The van der Waals surface area contributed by atoms with Crippen molar-refractivity contribution in [3.05, 3.63) is 69.3 Å². The van der Waals surface area contributed by atoms with Gasteiger partial charge < -0.3 is 24.1 Å². The fourth-order valence-corrected chi connectivity index (χ4v) is 6.40. The molecule has 0 radical (unpaired) electrons. The molecule has 0 saturated heterocycles. The highest BCUT2D eigenvalue weighted by Gasteiger charge is 2.36. The zero-order chi connectivity index (χ0) is 35.2. The maximum Gasteiger partial charge on any atom is 0.339 e. The van der Waals surface area contributed by atoms with Crippen molar-refractivity contribution in [3.8, 4) is 22.6 Å². The van der Waals surface area contributed by atoms with Crippen molar-refractivity contribution in [2.75, 3.05) is 28.4 Å². The summed E-state index contributed by atoms with van der Waals surface area (Å²) in [5.41, 5.74) is -0.485. The van der Waals surface area contributed by atoms with Crippen LogP contribution in [0.4, 0.5) is 0 Å². The standard InChI is InChI=1S/C37H38O10/c1-36(2,3)31-23-14-26(44-7)18(16-38)11-20(23)22(13-25(31)34(42)46-9)28-21-12-19(17-39)27(45-8)15-24(21)32(37(4,5)6)30(35(43)47-10)29(28)33(40)41/h11-17H,1-10H3,(H,40,41). The summed E-state index contributed by atoms with van der Waals surface area (Å²) in [4.78, 5) is 65.2. The number of carbonyl (C=O) groups is 5. The number of hydrogen-bond donors (Lipinski definition) is 1. The number of fused-ring (bicyclic) bond motifs is 2. The maximum absolute atomic E-state index is 13.7. The van der Waals surface area contributed by atoms with Crippen LogP contribution in [0.3, 0.4) is 0 Å². The molecule has 0 aliphatic carbocycles. The van der Waals surface area contributed by atoms with Crippen LogP contribution in [0.25, 0.3) is 32.7 Å². The van der Waals surface area contributed by atoms with E-state index in [1.54, 1.807) is 18.2 Å². The highest BCUT2D eigenvalue weighted by molar-refractivity contribution is 6.21. The first-order valence-electron chi connectivity index (χ1n) is 14.7. The highest BCUT2D eigenvalue weighted by Crippen LogP contribution is 2.48. The average Bonchev–Trinajstić information content (AvgIpc) is 3.02. The first-order valence-corrected chi connectivity index (χ1v) is 14.7. The summed E-state index contributed by atoms with van der Waals surface area (Å²) in [6.45, 7) is 11.2. The van der Waals surface area contributed by atoms with Gasteiger partial charge in [0.1, 0.15) is 11.5 Å². The number of methoxy groups -OCH3 is 4. The zero-order valence-corrected chi connectivity index (χ0v) is 28.2. The molecule has 4 rings (SSSR count). The molecule has 246 valence electrons. The molecule has 0 aromatic heterocycles. The lowest BCUT2D eigenvalue weighted by molar-refractivity contribution is 0.0579. The topological polar surface area (TPSA) is 142 Å². The molecule has 0 unspecified atom stereocenters. The predicted octanol–water partition coefficient (Wildman–Crippen LogP) is 7.17. The van der Waals surface area contributed by atoms with Gasteiger partial charge in [0.05, 0.1) is 56.3 Å². The molecule has 0 aliphatic rings. The summed E-state index contributed by atoms with van der Waals surface area (Å²) in [6.07, 6.45) is 1.20. The van der Waals surface area contributed by atoms with E-state index in [-0.39, 0.29) is 44.9 Å². The fourth-order valence-electron chi connectivity index (χ4n) is 6.40. The third kappa shape index (κ3) is 5.80. The Morgan fingerprint density at radius 3 is 1.49 bits per heavy atom. The Balaban J connectivity index is 2.54. The van der Waals surface area contributed by atoms with Gasteiger partial charge in [-0.25, -0.2) is 14.4 Å². The minimum absolute atomic E-state index is 0.0317. The van der Waals surface area contributed by atoms with E-state index in [2.05, 4.69) is 0 Å². The second-order valence-corrected chi connectivity index (χ2v) is 13.2. The maximum atomic E-state index is 13.7. The molecule has 4 aromatic carbocycles. The molecule has 0 amide bonds. The van der Waals surface area contributed by atoms with Crippen LogP contribution in [0.1, 0.15) is 104 Å².